The van der Waals surface area contributed by atoms with Crippen LogP contribution in [0.1, 0.15) is 5.56 Å². The van der Waals surface area contributed by atoms with Crippen LogP contribution in [-0.2, 0) is 0 Å². The normalized spacial score (nSPS) is 11.2. The summed E-state index contributed by atoms with van der Waals surface area (Å²) in [6.45, 7) is 0. The first kappa shape index (κ1) is 17.4. The molecule has 0 bridgehead atoms. The Kier molecular flexibility index (Phi) is 3.81. The molecule has 31 heavy (non-hydrogen) atoms. The topological polar surface area (TPSA) is 54.5 Å². The Morgan fingerprint density at radius 2 is 1.45 bits per heavy atom. The van der Waals surface area contributed by atoms with E-state index in [4.69, 9.17) is 4.98 Å². The van der Waals surface area contributed by atoms with Crippen molar-refractivity contribution in [1.29, 1.82) is 5.26 Å². The minimum atomic E-state index is 0.440. The fraction of sp³-hybridized carbons (Fsp3) is 0. The quantitative estimate of drug-likeness (QED) is 0.347. The fourth-order valence-electron chi connectivity index (χ4n) is 4.30. The van der Waals surface area contributed by atoms with Gasteiger partial charge in [0, 0.05) is 21.7 Å². The maximum absolute atomic E-state index is 9.89. The predicted octanol–water partition coefficient (Wildman–Crippen LogP) is 6.27. The second kappa shape index (κ2) is 6.79. The van der Waals surface area contributed by atoms with E-state index in [1.807, 2.05) is 54.6 Å². The van der Waals surface area contributed by atoms with Gasteiger partial charge >= 0.3 is 0 Å². The number of hydrogen-bond acceptors (Lipinski definition) is 3. The Balaban J connectivity index is 1.79. The Morgan fingerprint density at radius 3 is 2.29 bits per heavy atom. The molecule has 0 unspecified atom stereocenters. The minimum absolute atomic E-state index is 0.440. The van der Waals surface area contributed by atoms with E-state index in [0.717, 1.165) is 38.1 Å². The van der Waals surface area contributed by atoms with Gasteiger partial charge in [0.2, 0.25) is 0 Å². The van der Waals surface area contributed by atoms with Gasteiger partial charge in [-0.05, 0) is 11.5 Å². The summed E-state index contributed by atoms with van der Waals surface area (Å²) in [4.78, 5) is 9.36. The number of nitriles is 1. The van der Waals surface area contributed by atoms with Crippen molar-refractivity contribution < 1.29 is 0 Å². The summed E-state index contributed by atoms with van der Waals surface area (Å²) in [6.07, 6.45) is 1.62. The summed E-state index contributed by atoms with van der Waals surface area (Å²) < 4.78 is 2.11. The Labute approximate surface area is 178 Å². The number of hydrogen-bond donors (Lipinski definition) is 0. The molecule has 4 heteroatoms. The second-order valence-electron chi connectivity index (χ2n) is 7.44. The SMILES string of the molecule is N#Cc1cnc(-c2ccccc2)nc1-n1c2ccccc2c2ccc3ccccc3c21. The number of aromatic nitrogens is 3. The number of para-hydroxylation sites is 1. The lowest BCUT2D eigenvalue weighted by Crippen LogP contribution is -2.04. The van der Waals surface area contributed by atoms with Crippen LogP contribution < -0.4 is 0 Å². The highest BCUT2D eigenvalue weighted by atomic mass is 15.1. The fourth-order valence-corrected chi connectivity index (χ4v) is 4.30. The van der Waals surface area contributed by atoms with Gasteiger partial charge in [-0.1, -0.05) is 84.9 Å². The molecule has 0 fully saturated rings. The van der Waals surface area contributed by atoms with Gasteiger partial charge in [0.25, 0.3) is 0 Å². The van der Waals surface area contributed by atoms with E-state index in [-0.39, 0.29) is 0 Å². The highest BCUT2D eigenvalue weighted by molar-refractivity contribution is 6.18. The molecule has 0 saturated heterocycles. The van der Waals surface area contributed by atoms with E-state index in [0.29, 0.717) is 17.2 Å². The largest absolute Gasteiger partial charge is 0.292 e. The van der Waals surface area contributed by atoms with Crippen molar-refractivity contribution in [3.8, 4) is 23.3 Å². The molecular formula is C27H16N4. The van der Waals surface area contributed by atoms with E-state index < -0.39 is 0 Å². The first-order chi connectivity index (χ1) is 15.3. The average molecular weight is 396 g/mol. The molecule has 0 aliphatic carbocycles. The van der Waals surface area contributed by atoms with Crippen LogP contribution in [-0.4, -0.2) is 14.5 Å². The molecule has 0 amide bonds. The van der Waals surface area contributed by atoms with Gasteiger partial charge in [0.15, 0.2) is 11.6 Å². The van der Waals surface area contributed by atoms with Crippen LogP contribution in [0.4, 0.5) is 0 Å². The van der Waals surface area contributed by atoms with E-state index in [1.165, 1.54) is 0 Å². The zero-order valence-corrected chi connectivity index (χ0v) is 16.5. The van der Waals surface area contributed by atoms with Gasteiger partial charge in [-0.15, -0.1) is 0 Å². The molecule has 0 aliphatic rings. The maximum atomic E-state index is 9.89. The van der Waals surface area contributed by atoms with Crippen molar-refractivity contribution in [3.05, 3.63) is 103 Å². The van der Waals surface area contributed by atoms with Gasteiger partial charge in [-0.2, -0.15) is 5.26 Å². The third-order valence-electron chi connectivity index (χ3n) is 5.69. The molecular weight excluding hydrogens is 380 g/mol. The summed E-state index contributed by atoms with van der Waals surface area (Å²) in [5.41, 5.74) is 3.42. The molecule has 4 nitrogen and oxygen atoms in total. The van der Waals surface area contributed by atoms with Crippen molar-refractivity contribution in [1.82, 2.24) is 14.5 Å². The molecule has 2 aromatic heterocycles. The zero-order valence-electron chi connectivity index (χ0n) is 16.5. The van der Waals surface area contributed by atoms with Crippen LogP contribution >= 0.6 is 0 Å². The number of fused-ring (bicyclic) bond motifs is 5. The van der Waals surface area contributed by atoms with Crippen LogP contribution in [0, 0.1) is 11.3 Å². The molecule has 144 valence electrons. The lowest BCUT2D eigenvalue weighted by atomic mass is 10.1. The first-order valence-corrected chi connectivity index (χ1v) is 10.1. The summed E-state index contributed by atoms with van der Waals surface area (Å²) >= 11 is 0. The molecule has 4 aromatic carbocycles. The lowest BCUT2D eigenvalue weighted by Gasteiger charge is -2.11. The molecule has 6 aromatic rings. The molecule has 0 radical (unpaired) electrons. The van der Waals surface area contributed by atoms with Crippen LogP contribution in [0.3, 0.4) is 0 Å². The van der Waals surface area contributed by atoms with Gasteiger partial charge in [-0.25, -0.2) is 9.97 Å². The van der Waals surface area contributed by atoms with E-state index in [2.05, 4.69) is 52.0 Å². The van der Waals surface area contributed by atoms with E-state index >= 15 is 0 Å². The van der Waals surface area contributed by atoms with Gasteiger partial charge < -0.3 is 0 Å². The van der Waals surface area contributed by atoms with Crippen molar-refractivity contribution in [2.75, 3.05) is 0 Å². The summed E-state index contributed by atoms with van der Waals surface area (Å²) in [6, 6.07) is 33.0. The Morgan fingerprint density at radius 1 is 0.710 bits per heavy atom. The van der Waals surface area contributed by atoms with Crippen molar-refractivity contribution >= 4 is 32.6 Å². The van der Waals surface area contributed by atoms with Crippen molar-refractivity contribution in [2.45, 2.75) is 0 Å². The third-order valence-corrected chi connectivity index (χ3v) is 5.69. The van der Waals surface area contributed by atoms with Gasteiger partial charge in [0.1, 0.15) is 11.6 Å². The molecule has 0 saturated carbocycles. The molecule has 6 rings (SSSR count). The lowest BCUT2D eigenvalue weighted by molar-refractivity contribution is 1.03. The average Bonchev–Trinajstić information content (AvgIpc) is 3.19. The summed E-state index contributed by atoms with van der Waals surface area (Å²) in [7, 11) is 0. The van der Waals surface area contributed by atoms with Crippen LogP contribution in [0.25, 0.3) is 49.8 Å². The molecule has 0 aliphatic heterocycles. The molecule has 0 N–H and O–H groups in total. The van der Waals surface area contributed by atoms with Gasteiger partial charge in [0.05, 0.1) is 17.2 Å². The number of nitrogens with zero attached hydrogens (tertiary/aromatic N) is 4. The highest BCUT2D eigenvalue weighted by Crippen LogP contribution is 2.36. The van der Waals surface area contributed by atoms with Crippen molar-refractivity contribution in [3.63, 3.8) is 0 Å². The van der Waals surface area contributed by atoms with E-state index in [9.17, 15) is 5.26 Å². The molecule has 0 atom stereocenters. The Bertz CT molecular complexity index is 1640. The number of rotatable bonds is 2. The monoisotopic (exact) mass is 396 g/mol. The first-order valence-electron chi connectivity index (χ1n) is 10.1. The van der Waals surface area contributed by atoms with E-state index in [1.54, 1.807) is 6.20 Å². The maximum Gasteiger partial charge on any atom is 0.161 e. The molecule has 0 spiro atoms. The minimum Gasteiger partial charge on any atom is -0.292 e. The number of benzene rings is 4. The van der Waals surface area contributed by atoms with Crippen LogP contribution in [0.5, 0.6) is 0 Å². The third kappa shape index (κ3) is 2.61. The summed E-state index contributed by atoms with van der Waals surface area (Å²) in [5.74, 6) is 1.19. The Hall–Kier alpha value is -4.49. The highest BCUT2D eigenvalue weighted by Gasteiger charge is 2.19. The van der Waals surface area contributed by atoms with Crippen LogP contribution in [0.2, 0.25) is 0 Å². The standard InChI is InChI=1S/C27H16N4/c28-16-20-17-29-26(19-9-2-1-3-10-19)30-27(20)31-24-13-7-6-12-22(24)23-15-14-18-8-4-5-11-21(18)25(23)31/h1-15,17H. The zero-order chi connectivity index (χ0) is 20.8. The second-order valence-corrected chi connectivity index (χ2v) is 7.44. The van der Waals surface area contributed by atoms with Crippen LogP contribution in [0.15, 0.2) is 97.2 Å². The molecule has 2 heterocycles. The smallest absolute Gasteiger partial charge is 0.161 e. The van der Waals surface area contributed by atoms with Gasteiger partial charge in [-0.3, -0.25) is 4.57 Å². The van der Waals surface area contributed by atoms with Crippen molar-refractivity contribution in [2.24, 2.45) is 0 Å². The predicted molar refractivity (Wildman–Crippen MR) is 124 cm³/mol. The summed E-state index contributed by atoms with van der Waals surface area (Å²) in [5, 5.41) is 14.4.